The van der Waals surface area contributed by atoms with Crippen molar-refractivity contribution >= 4 is 28.8 Å². The van der Waals surface area contributed by atoms with E-state index in [2.05, 4.69) is 20.8 Å². The summed E-state index contributed by atoms with van der Waals surface area (Å²) < 4.78 is 5.19. The lowest BCUT2D eigenvalue weighted by atomic mass is 9.90. The Morgan fingerprint density at radius 3 is 3.04 bits per heavy atom. The normalized spacial score (nSPS) is 16.0. The van der Waals surface area contributed by atoms with Gasteiger partial charge in [0, 0.05) is 23.4 Å². The molecule has 0 unspecified atom stereocenters. The van der Waals surface area contributed by atoms with Crippen molar-refractivity contribution in [1.29, 1.82) is 0 Å². The summed E-state index contributed by atoms with van der Waals surface area (Å²) in [4.78, 5) is 29.8. The van der Waals surface area contributed by atoms with Gasteiger partial charge in [-0.2, -0.15) is 4.98 Å². The lowest BCUT2D eigenvalue weighted by molar-refractivity contribution is -0.126. The number of nitrogens with one attached hydrogen (secondary N) is 2. The second kappa shape index (κ2) is 7.09. The number of benzene rings is 1. The first-order valence-corrected chi connectivity index (χ1v) is 9.07. The highest BCUT2D eigenvalue weighted by atomic mass is 32.1. The zero-order valence-corrected chi connectivity index (χ0v) is 14.6. The Labute approximate surface area is 153 Å². The molecule has 132 valence electrons. The van der Waals surface area contributed by atoms with Gasteiger partial charge in [0.2, 0.25) is 17.7 Å². The molecule has 0 saturated heterocycles. The number of nitrogens with zero attached hydrogens (tertiary/aromatic N) is 2. The molecule has 26 heavy (non-hydrogen) atoms. The Hall–Kier alpha value is -3.00. The second-order valence-electron chi connectivity index (χ2n) is 5.97. The smallest absolute Gasteiger partial charge is 0.246 e. The van der Waals surface area contributed by atoms with Gasteiger partial charge in [-0.25, -0.2) is 0 Å². The summed E-state index contributed by atoms with van der Waals surface area (Å²) in [6.45, 7) is 0.135. The van der Waals surface area contributed by atoms with Crippen LogP contribution in [0, 0.1) is 0 Å². The van der Waals surface area contributed by atoms with E-state index in [1.807, 2.05) is 35.7 Å². The molecule has 2 aromatic heterocycles. The molecule has 0 spiro atoms. The van der Waals surface area contributed by atoms with Crippen LogP contribution in [-0.2, 0) is 22.6 Å². The first kappa shape index (κ1) is 16.5. The van der Waals surface area contributed by atoms with Crippen LogP contribution in [0.4, 0.5) is 5.69 Å². The first-order valence-electron chi connectivity index (χ1n) is 8.19. The van der Waals surface area contributed by atoms with Gasteiger partial charge in [-0.1, -0.05) is 29.4 Å². The number of amides is 2. The highest BCUT2D eigenvalue weighted by Crippen LogP contribution is 2.32. The van der Waals surface area contributed by atoms with E-state index in [1.54, 1.807) is 17.4 Å². The average molecular weight is 368 g/mol. The van der Waals surface area contributed by atoms with Gasteiger partial charge in [-0.15, -0.1) is 11.3 Å². The number of fused-ring (bicyclic) bond motifs is 1. The number of rotatable bonds is 5. The highest BCUT2D eigenvalue weighted by molar-refractivity contribution is 7.09. The molecular weight excluding hydrogens is 352 g/mol. The number of hydrogen-bond acceptors (Lipinski definition) is 6. The van der Waals surface area contributed by atoms with Crippen molar-refractivity contribution in [2.24, 2.45) is 0 Å². The zero-order chi connectivity index (χ0) is 17.9. The predicted molar refractivity (Wildman–Crippen MR) is 95.7 cm³/mol. The lowest BCUT2D eigenvalue weighted by Gasteiger charge is -2.24. The third-order valence-corrected chi connectivity index (χ3v) is 5.03. The van der Waals surface area contributed by atoms with Crippen LogP contribution in [0.2, 0.25) is 0 Å². The third-order valence-electron chi connectivity index (χ3n) is 4.15. The molecule has 0 bridgehead atoms. The Balaban J connectivity index is 1.40. The van der Waals surface area contributed by atoms with E-state index in [-0.39, 0.29) is 24.8 Å². The summed E-state index contributed by atoms with van der Waals surface area (Å²) in [5.74, 6) is 0.0104. The van der Waals surface area contributed by atoms with Gasteiger partial charge >= 0.3 is 0 Å². The van der Waals surface area contributed by atoms with E-state index < -0.39 is 5.92 Å². The molecule has 3 aromatic rings. The SMILES string of the molecule is O=C1C[C@H](C(=O)NCc2nc(Cc3cccs3)no2)c2ccccc2N1. The van der Waals surface area contributed by atoms with Gasteiger partial charge in [0.1, 0.15) is 0 Å². The number of aromatic nitrogens is 2. The lowest BCUT2D eigenvalue weighted by Crippen LogP contribution is -2.34. The van der Waals surface area contributed by atoms with Crippen molar-refractivity contribution < 1.29 is 14.1 Å². The van der Waals surface area contributed by atoms with Crippen LogP contribution in [0.15, 0.2) is 46.3 Å². The molecule has 1 aliphatic rings. The molecule has 0 saturated carbocycles. The van der Waals surface area contributed by atoms with Crippen molar-refractivity contribution in [3.8, 4) is 0 Å². The van der Waals surface area contributed by atoms with Crippen LogP contribution in [0.5, 0.6) is 0 Å². The van der Waals surface area contributed by atoms with Crippen LogP contribution < -0.4 is 10.6 Å². The molecular formula is C18H16N4O3S. The van der Waals surface area contributed by atoms with E-state index in [0.717, 1.165) is 10.4 Å². The van der Waals surface area contributed by atoms with Crippen LogP contribution in [-0.4, -0.2) is 22.0 Å². The fourth-order valence-electron chi connectivity index (χ4n) is 2.93. The van der Waals surface area contributed by atoms with Crippen LogP contribution in [0.25, 0.3) is 0 Å². The minimum Gasteiger partial charge on any atom is -0.346 e. The summed E-state index contributed by atoms with van der Waals surface area (Å²) in [7, 11) is 0. The van der Waals surface area contributed by atoms with Crippen molar-refractivity contribution in [2.45, 2.75) is 25.3 Å². The quantitative estimate of drug-likeness (QED) is 0.721. The molecule has 0 radical (unpaired) electrons. The maximum atomic E-state index is 12.6. The second-order valence-corrected chi connectivity index (χ2v) is 7.00. The van der Waals surface area contributed by atoms with Gasteiger partial charge in [0.15, 0.2) is 5.82 Å². The minimum atomic E-state index is -0.520. The number of carbonyl (C=O) groups is 2. The fourth-order valence-corrected chi connectivity index (χ4v) is 3.64. The molecule has 1 atom stereocenters. The van der Waals surface area contributed by atoms with E-state index in [0.29, 0.717) is 23.8 Å². The minimum absolute atomic E-state index is 0.121. The Bertz CT molecular complexity index is 936. The molecule has 2 N–H and O–H groups in total. The molecule has 8 heteroatoms. The van der Waals surface area contributed by atoms with Crippen LogP contribution in [0.3, 0.4) is 0 Å². The summed E-state index contributed by atoms with van der Waals surface area (Å²) in [5.41, 5.74) is 1.49. The Morgan fingerprint density at radius 1 is 1.31 bits per heavy atom. The topological polar surface area (TPSA) is 97.1 Å². The summed E-state index contributed by atoms with van der Waals surface area (Å²) >= 11 is 1.63. The predicted octanol–water partition coefficient (Wildman–Crippen LogP) is 2.46. The van der Waals surface area contributed by atoms with Crippen LogP contribution in [0.1, 0.15) is 34.5 Å². The summed E-state index contributed by atoms with van der Waals surface area (Å²) in [6, 6.07) is 11.3. The molecule has 0 aliphatic carbocycles. The standard InChI is InChI=1S/C18H16N4O3S/c23-16-9-13(12-5-1-2-6-14(12)20-16)18(24)19-10-17-21-15(22-25-17)8-11-4-3-7-26-11/h1-7,13H,8-10H2,(H,19,24)(H,20,23)/t13-/m0/s1. The maximum Gasteiger partial charge on any atom is 0.246 e. The van der Waals surface area contributed by atoms with Crippen molar-refractivity contribution in [3.05, 3.63) is 63.9 Å². The number of para-hydroxylation sites is 1. The summed E-state index contributed by atoms with van der Waals surface area (Å²) in [5, 5.41) is 11.5. The highest BCUT2D eigenvalue weighted by Gasteiger charge is 2.30. The van der Waals surface area contributed by atoms with E-state index in [9.17, 15) is 9.59 Å². The van der Waals surface area contributed by atoms with Crippen molar-refractivity contribution in [3.63, 3.8) is 0 Å². The van der Waals surface area contributed by atoms with Crippen molar-refractivity contribution in [2.75, 3.05) is 5.32 Å². The number of anilines is 1. The zero-order valence-electron chi connectivity index (χ0n) is 13.8. The molecule has 0 fully saturated rings. The molecule has 3 heterocycles. The Morgan fingerprint density at radius 2 is 2.19 bits per heavy atom. The van der Waals surface area contributed by atoms with Crippen LogP contribution >= 0.6 is 11.3 Å². The monoisotopic (exact) mass is 368 g/mol. The largest absolute Gasteiger partial charge is 0.346 e. The number of hydrogen-bond donors (Lipinski definition) is 2. The first-order chi connectivity index (χ1) is 12.7. The number of thiophene rings is 1. The maximum absolute atomic E-state index is 12.6. The van der Waals surface area contributed by atoms with Gasteiger partial charge < -0.3 is 15.2 Å². The van der Waals surface area contributed by atoms with E-state index in [4.69, 9.17) is 4.52 Å². The molecule has 2 amide bonds. The van der Waals surface area contributed by atoms with Gasteiger partial charge in [-0.05, 0) is 23.1 Å². The molecule has 4 rings (SSSR count). The average Bonchev–Trinajstić information content (AvgIpc) is 3.31. The van der Waals surface area contributed by atoms with E-state index in [1.165, 1.54) is 0 Å². The fraction of sp³-hybridized carbons (Fsp3) is 0.222. The third kappa shape index (κ3) is 3.50. The number of carbonyl (C=O) groups excluding carboxylic acids is 2. The van der Waals surface area contributed by atoms with Gasteiger partial charge in [0.25, 0.3) is 0 Å². The summed E-state index contributed by atoms with van der Waals surface area (Å²) in [6.07, 6.45) is 0.724. The van der Waals surface area contributed by atoms with E-state index >= 15 is 0 Å². The Kier molecular flexibility index (Phi) is 4.49. The van der Waals surface area contributed by atoms with Crippen molar-refractivity contribution in [1.82, 2.24) is 15.5 Å². The van der Waals surface area contributed by atoms with Gasteiger partial charge in [0.05, 0.1) is 12.5 Å². The molecule has 1 aliphatic heterocycles. The molecule has 7 nitrogen and oxygen atoms in total. The van der Waals surface area contributed by atoms with Gasteiger partial charge in [-0.3, -0.25) is 9.59 Å². The molecule has 1 aromatic carbocycles.